The molecule has 1 fully saturated rings. The number of nitrogens with one attached hydrogen (secondary N) is 1. The minimum Gasteiger partial charge on any atom is -0.322 e. The number of nitrogens with zero attached hydrogens (tertiary/aromatic N) is 4. The number of carbonyl (C=O) groups is 1. The first-order chi connectivity index (χ1) is 14.0. The molecule has 0 saturated carbocycles. The number of aromatic nitrogens is 3. The van der Waals surface area contributed by atoms with Crippen molar-refractivity contribution in [2.24, 2.45) is 0 Å². The summed E-state index contributed by atoms with van der Waals surface area (Å²) in [5, 5.41) is 8.81. The molecule has 0 atom stereocenters. The van der Waals surface area contributed by atoms with E-state index in [-0.39, 0.29) is 5.91 Å². The van der Waals surface area contributed by atoms with Gasteiger partial charge in [0.2, 0.25) is 0 Å². The van der Waals surface area contributed by atoms with E-state index in [0.29, 0.717) is 16.6 Å². The number of hydrogen-bond donors (Lipinski definition) is 1. The largest absolute Gasteiger partial charge is 0.322 e. The molecule has 6 nitrogen and oxygen atoms in total. The van der Waals surface area contributed by atoms with Crippen molar-refractivity contribution in [2.45, 2.75) is 39.7 Å². The van der Waals surface area contributed by atoms with Crippen molar-refractivity contribution >= 4 is 34.2 Å². The van der Waals surface area contributed by atoms with E-state index in [0.717, 1.165) is 60.5 Å². The SMILES string of the molecule is CCN1CCC(n2nc(C)c3c(Cl)c(C(=O)Nc4ccc(C)cc4)cnc32)CC1. The highest BCUT2D eigenvalue weighted by atomic mass is 35.5. The second-order valence-corrected chi connectivity index (χ2v) is 8.08. The fraction of sp³-hybridized carbons (Fsp3) is 0.409. The van der Waals surface area contributed by atoms with Gasteiger partial charge in [0, 0.05) is 25.0 Å². The van der Waals surface area contributed by atoms with E-state index in [1.807, 2.05) is 42.8 Å². The number of fused-ring (bicyclic) bond motifs is 1. The molecule has 1 aliphatic rings. The molecule has 4 rings (SSSR count). The maximum absolute atomic E-state index is 12.8. The van der Waals surface area contributed by atoms with E-state index in [9.17, 15) is 4.79 Å². The molecule has 0 spiro atoms. The van der Waals surface area contributed by atoms with Gasteiger partial charge >= 0.3 is 0 Å². The number of aryl methyl sites for hydroxylation is 2. The zero-order valence-electron chi connectivity index (χ0n) is 17.1. The third kappa shape index (κ3) is 3.87. The summed E-state index contributed by atoms with van der Waals surface area (Å²) in [4.78, 5) is 19.8. The van der Waals surface area contributed by atoms with Crippen LogP contribution in [0.1, 0.15) is 47.4 Å². The summed E-state index contributed by atoms with van der Waals surface area (Å²) in [6, 6.07) is 7.97. The van der Waals surface area contributed by atoms with Crippen molar-refractivity contribution in [3.63, 3.8) is 0 Å². The number of halogens is 1. The van der Waals surface area contributed by atoms with Crippen LogP contribution in [0.5, 0.6) is 0 Å². The van der Waals surface area contributed by atoms with Crippen LogP contribution < -0.4 is 5.32 Å². The van der Waals surface area contributed by atoms with Gasteiger partial charge in [-0.1, -0.05) is 36.2 Å². The highest BCUT2D eigenvalue weighted by molar-refractivity contribution is 6.39. The molecule has 3 aromatic rings. The summed E-state index contributed by atoms with van der Waals surface area (Å²) in [6.07, 6.45) is 3.64. The second-order valence-electron chi connectivity index (χ2n) is 7.70. The first kappa shape index (κ1) is 19.9. The number of pyridine rings is 1. The Balaban J connectivity index is 1.63. The molecule has 1 amide bonds. The maximum Gasteiger partial charge on any atom is 0.258 e. The predicted molar refractivity (Wildman–Crippen MR) is 117 cm³/mol. The van der Waals surface area contributed by atoms with Gasteiger partial charge in [-0.25, -0.2) is 9.67 Å². The van der Waals surface area contributed by atoms with Crippen LogP contribution in [0.3, 0.4) is 0 Å². The Morgan fingerprint density at radius 1 is 1.21 bits per heavy atom. The molecule has 0 unspecified atom stereocenters. The van der Waals surface area contributed by atoms with Crippen molar-refractivity contribution in [2.75, 3.05) is 25.0 Å². The molecule has 1 N–H and O–H groups in total. The van der Waals surface area contributed by atoms with E-state index in [4.69, 9.17) is 16.7 Å². The van der Waals surface area contributed by atoms with Crippen LogP contribution in [0.4, 0.5) is 5.69 Å². The number of likely N-dealkylation sites (tertiary alicyclic amines) is 1. The zero-order chi connectivity index (χ0) is 20.5. The lowest BCUT2D eigenvalue weighted by atomic mass is 10.1. The van der Waals surface area contributed by atoms with Crippen LogP contribution in [0.2, 0.25) is 5.02 Å². The Hall–Kier alpha value is -2.44. The lowest BCUT2D eigenvalue weighted by Gasteiger charge is -2.31. The zero-order valence-corrected chi connectivity index (χ0v) is 17.8. The average Bonchev–Trinajstić information content (AvgIpc) is 3.07. The summed E-state index contributed by atoms with van der Waals surface area (Å²) >= 11 is 6.67. The lowest BCUT2D eigenvalue weighted by molar-refractivity contribution is 0.102. The van der Waals surface area contributed by atoms with E-state index >= 15 is 0 Å². The van der Waals surface area contributed by atoms with Gasteiger partial charge in [-0.05, 0) is 45.4 Å². The fourth-order valence-corrected chi connectivity index (χ4v) is 4.32. The molecule has 0 bridgehead atoms. The van der Waals surface area contributed by atoms with Gasteiger partial charge in [0.05, 0.1) is 27.7 Å². The number of rotatable bonds is 4. The van der Waals surface area contributed by atoms with Gasteiger partial charge in [0.1, 0.15) is 0 Å². The Morgan fingerprint density at radius 3 is 2.55 bits per heavy atom. The number of benzene rings is 1. The summed E-state index contributed by atoms with van der Waals surface area (Å²) in [5.74, 6) is -0.267. The van der Waals surface area contributed by atoms with Gasteiger partial charge in [-0.3, -0.25) is 4.79 Å². The molecular formula is C22H26ClN5O. The number of hydrogen-bond acceptors (Lipinski definition) is 4. The molecule has 0 radical (unpaired) electrons. The van der Waals surface area contributed by atoms with Crippen molar-refractivity contribution < 1.29 is 4.79 Å². The van der Waals surface area contributed by atoms with Gasteiger partial charge in [0.25, 0.3) is 5.91 Å². The number of amides is 1. The second kappa shape index (κ2) is 8.13. The minimum absolute atomic E-state index is 0.267. The molecule has 29 heavy (non-hydrogen) atoms. The topological polar surface area (TPSA) is 63.1 Å². The van der Waals surface area contributed by atoms with E-state index < -0.39 is 0 Å². The molecule has 2 aromatic heterocycles. The molecule has 1 saturated heterocycles. The highest BCUT2D eigenvalue weighted by Gasteiger charge is 2.25. The lowest BCUT2D eigenvalue weighted by Crippen LogP contribution is -2.34. The van der Waals surface area contributed by atoms with Gasteiger partial charge in [0.15, 0.2) is 5.65 Å². The van der Waals surface area contributed by atoms with Crippen molar-refractivity contribution in [3.8, 4) is 0 Å². The van der Waals surface area contributed by atoms with Crippen LogP contribution in [-0.4, -0.2) is 45.2 Å². The number of carbonyl (C=O) groups excluding carboxylic acids is 1. The predicted octanol–water partition coefficient (Wildman–Crippen LogP) is 4.61. The number of anilines is 1. The summed E-state index contributed by atoms with van der Waals surface area (Å²) in [7, 11) is 0. The summed E-state index contributed by atoms with van der Waals surface area (Å²) in [6.45, 7) is 9.33. The molecular weight excluding hydrogens is 386 g/mol. The minimum atomic E-state index is -0.267. The van der Waals surface area contributed by atoms with Gasteiger partial charge in [-0.2, -0.15) is 5.10 Å². The van der Waals surface area contributed by atoms with Gasteiger partial charge in [-0.15, -0.1) is 0 Å². The van der Waals surface area contributed by atoms with Crippen LogP contribution in [0, 0.1) is 13.8 Å². The van der Waals surface area contributed by atoms with Crippen molar-refractivity contribution in [3.05, 3.63) is 52.3 Å². The monoisotopic (exact) mass is 411 g/mol. The number of piperidine rings is 1. The quantitative estimate of drug-likeness (QED) is 0.680. The first-order valence-corrected chi connectivity index (χ1v) is 10.5. The molecule has 152 valence electrons. The van der Waals surface area contributed by atoms with E-state index in [1.54, 1.807) is 6.20 Å². The maximum atomic E-state index is 12.8. The van der Waals surface area contributed by atoms with Crippen LogP contribution in [-0.2, 0) is 0 Å². The van der Waals surface area contributed by atoms with Crippen LogP contribution >= 0.6 is 11.6 Å². The molecule has 3 heterocycles. The summed E-state index contributed by atoms with van der Waals surface area (Å²) in [5.41, 5.74) is 3.79. The normalized spacial score (nSPS) is 15.7. The first-order valence-electron chi connectivity index (χ1n) is 10.1. The third-order valence-corrected chi connectivity index (χ3v) is 6.13. The standard InChI is InChI=1S/C22H26ClN5O/c1-4-27-11-9-17(10-12-27)28-21-19(15(3)26-28)20(23)18(13-24-21)22(29)25-16-7-5-14(2)6-8-16/h5-8,13,17H,4,9-12H2,1-3H3,(H,25,29). The molecule has 1 aromatic carbocycles. The molecule has 7 heteroatoms. The average molecular weight is 412 g/mol. The Kier molecular flexibility index (Phi) is 5.56. The molecule has 0 aliphatic carbocycles. The van der Waals surface area contributed by atoms with Crippen LogP contribution in [0.25, 0.3) is 11.0 Å². The summed E-state index contributed by atoms with van der Waals surface area (Å²) < 4.78 is 2.01. The van der Waals surface area contributed by atoms with Crippen molar-refractivity contribution in [1.82, 2.24) is 19.7 Å². The third-order valence-electron chi connectivity index (χ3n) is 5.74. The highest BCUT2D eigenvalue weighted by Crippen LogP contribution is 2.32. The van der Waals surface area contributed by atoms with Crippen LogP contribution in [0.15, 0.2) is 30.5 Å². The van der Waals surface area contributed by atoms with E-state index in [2.05, 4.69) is 22.1 Å². The van der Waals surface area contributed by atoms with Crippen molar-refractivity contribution in [1.29, 1.82) is 0 Å². The van der Waals surface area contributed by atoms with Gasteiger partial charge < -0.3 is 10.2 Å². The Labute approximate surface area is 175 Å². The molecule has 1 aliphatic heterocycles. The Bertz CT molecular complexity index is 1040. The smallest absolute Gasteiger partial charge is 0.258 e. The fourth-order valence-electron chi connectivity index (χ4n) is 3.96. The van der Waals surface area contributed by atoms with E-state index in [1.165, 1.54) is 0 Å². The Morgan fingerprint density at radius 2 is 1.90 bits per heavy atom.